The number of benzene rings is 1. The van der Waals surface area contributed by atoms with Crippen LogP contribution in [0.5, 0.6) is 0 Å². The average Bonchev–Trinajstić information content (AvgIpc) is 2.14. The topological polar surface area (TPSA) is 63.3 Å². The van der Waals surface area contributed by atoms with Gasteiger partial charge >= 0.3 is 5.97 Å². The van der Waals surface area contributed by atoms with Crippen LogP contribution in [0.15, 0.2) is 12.1 Å². The lowest BCUT2D eigenvalue weighted by molar-refractivity contribution is 0.0698. The molecule has 6 heteroatoms. The Labute approximate surface area is 97.2 Å². The van der Waals surface area contributed by atoms with Gasteiger partial charge in [-0.25, -0.2) is 4.79 Å². The fourth-order valence-electron chi connectivity index (χ4n) is 0.762. The maximum atomic E-state index is 10.5. The molecule has 1 aromatic rings. The molecule has 1 aromatic carbocycles. The highest BCUT2D eigenvalue weighted by Crippen LogP contribution is 2.27. The van der Waals surface area contributed by atoms with Crippen molar-refractivity contribution in [3.8, 4) is 0 Å². The number of aromatic carboxylic acids is 1. The summed E-state index contributed by atoms with van der Waals surface area (Å²) >= 11 is 14.7. The Morgan fingerprint density at radius 3 is 2.36 bits per heavy atom. The van der Waals surface area contributed by atoms with Gasteiger partial charge in [0.05, 0.1) is 16.3 Å². The van der Waals surface area contributed by atoms with E-state index < -0.39 is 5.97 Å². The van der Waals surface area contributed by atoms with Gasteiger partial charge in [-0.15, -0.1) is 0 Å². The molecule has 0 amide bonds. The van der Waals surface area contributed by atoms with Crippen molar-refractivity contribution in [3.05, 3.63) is 27.7 Å². The van der Waals surface area contributed by atoms with Crippen molar-refractivity contribution in [1.82, 2.24) is 0 Å². The molecule has 0 heterocycles. The minimum atomic E-state index is -1.14. The van der Waals surface area contributed by atoms with E-state index >= 15 is 0 Å². The quantitative estimate of drug-likeness (QED) is 0.533. The van der Waals surface area contributed by atoms with Gasteiger partial charge in [0, 0.05) is 5.02 Å². The van der Waals surface area contributed by atoms with E-state index in [-0.39, 0.29) is 21.3 Å². The smallest absolute Gasteiger partial charge is 0.337 e. The fourth-order valence-corrected chi connectivity index (χ4v) is 1.26. The first-order valence-corrected chi connectivity index (χ1v) is 5.10. The average molecular weight is 254 g/mol. The SMILES string of the molecule is CS.Nc1c(Cl)cc(Cl)cc1C(=O)O. The second-order valence-corrected chi connectivity index (χ2v) is 3.00. The number of rotatable bonds is 1. The number of carboxylic acids is 1. The summed E-state index contributed by atoms with van der Waals surface area (Å²) in [5.41, 5.74) is 5.34. The lowest BCUT2D eigenvalue weighted by atomic mass is 10.2. The van der Waals surface area contributed by atoms with E-state index in [0.717, 1.165) is 0 Å². The van der Waals surface area contributed by atoms with Gasteiger partial charge in [-0.1, -0.05) is 23.2 Å². The molecule has 0 spiro atoms. The molecule has 0 atom stereocenters. The molecule has 78 valence electrons. The highest BCUT2D eigenvalue weighted by molar-refractivity contribution is 7.79. The van der Waals surface area contributed by atoms with Crippen LogP contribution in [0.25, 0.3) is 0 Å². The molecule has 0 aliphatic rings. The predicted molar refractivity (Wildman–Crippen MR) is 62.7 cm³/mol. The number of thiol groups is 1. The number of nitrogens with two attached hydrogens (primary N) is 1. The summed E-state index contributed by atoms with van der Waals surface area (Å²) in [7, 11) is 0. The summed E-state index contributed by atoms with van der Waals surface area (Å²) < 4.78 is 0. The molecule has 1 rings (SSSR count). The molecule has 3 nitrogen and oxygen atoms in total. The van der Waals surface area contributed by atoms with E-state index in [1.165, 1.54) is 12.1 Å². The zero-order chi connectivity index (χ0) is 11.3. The summed E-state index contributed by atoms with van der Waals surface area (Å²) in [4.78, 5) is 10.5. The van der Waals surface area contributed by atoms with Crippen LogP contribution >= 0.6 is 35.8 Å². The van der Waals surface area contributed by atoms with E-state index in [9.17, 15) is 4.79 Å². The maximum absolute atomic E-state index is 10.5. The highest BCUT2D eigenvalue weighted by atomic mass is 35.5. The van der Waals surface area contributed by atoms with Gasteiger partial charge in [0.25, 0.3) is 0 Å². The van der Waals surface area contributed by atoms with Gasteiger partial charge in [0.1, 0.15) is 0 Å². The molecule has 0 bridgehead atoms. The Morgan fingerprint density at radius 1 is 1.43 bits per heavy atom. The van der Waals surface area contributed by atoms with Gasteiger partial charge < -0.3 is 10.8 Å². The van der Waals surface area contributed by atoms with E-state index in [1.807, 2.05) is 0 Å². The Morgan fingerprint density at radius 2 is 1.93 bits per heavy atom. The van der Waals surface area contributed by atoms with Crippen LogP contribution in [0.3, 0.4) is 0 Å². The number of carboxylic acid groups (broad SMARTS) is 1. The molecule has 0 saturated carbocycles. The van der Waals surface area contributed by atoms with Crippen molar-refractivity contribution < 1.29 is 9.90 Å². The van der Waals surface area contributed by atoms with Crippen molar-refractivity contribution in [2.75, 3.05) is 12.0 Å². The summed E-state index contributed by atoms with van der Waals surface area (Å²) in [5, 5.41) is 9.03. The molecule has 0 aliphatic carbocycles. The lowest BCUT2D eigenvalue weighted by Gasteiger charge is -2.02. The number of halogens is 2. The Bertz CT molecular complexity index is 344. The van der Waals surface area contributed by atoms with Crippen LogP contribution in [-0.4, -0.2) is 17.3 Å². The standard InChI is InChI=1S/C7H5Cl2NO2.CH4S/c8-3-1-4(7(11)12)6(10)5(9)2-3;1-2/h1-2H,10H2,(H,11,12);2H,1H3. The minimum absolute atomic E-state index is 0.0357. The summed E-state index contributed by atoms with van der Waals surface area (Å²) in [5.74, 6) is -1.14. The first kappa shape index (κ1) is 13.4. The third-order valence-corrected chi connectivity index (χ3v) is 1.86. The van der Waals surface area contributed by atoms with Crippen LogP contribution in [0.1, 0.15) is 10.4 Å². The second-order valence-electron chi connectivity index (χ2n) is 2.15. The third-order valence-electron chi connectivity index (χ3n) is 1.32. The third kappa shape index (κ3) is 3.29. The monoisotopic (exact) mass is 253 g/mol. The molecule has 0 radical (unpaired) electrons. The largest absolute Gasteiger partial charge is 0.478 e. The number of hydrogen-bond acceptors (Lipinski definition) is 3. The molecule has 0 aromatic heterocycles. The first-order valence-electron chi connectivity index (χ1n) is 3.45. The zero-order valence-electron chi connectivity index (χ0n) is 7.29. The van der Waals surface area contributed by atoms with Crippen molar-refractivity contribution >= 4 is 47.5 Å². The van der Waals surface area contributed by atoms with Crippen LogP contribution in [0.4, 0.5) is 5.69 Å². The molecule has 14 heavy (non-hydrogen) atoms. The number of anilines is 1. The Balaban J connectivity index is 0.000000791. The van der Waals surface area contributed by atoms with Gasteiger partial charge in [-0.05, 0) is 18.4 Å². The molecule has 0 unspecified atom stereocenters. The molecular weight excluding hydrogens is 245 g/mol. The Hall–Kier alpha value is -0.580. The molecule has 0 aliphatic heterocycles. The fraction of sp³-hybridized carbons (Fsp3) is 0.125. The van der Waals surface area contributed by atoms with E-state index in [2.05, 4.69) is 12.6 Å². The van der Waals surface area contributed by atoms with E-state index in [0.29, 0.717) is 0 Å². The molecule has 3 N–H and O–H groups in total. The minimum Gasteiger partial charge on any atom is -0.478 e. The summed E-state index contributed by atoms with van der Waals surface area (Å²) in [6.45, 7) is 0. The van der Waals surface area contributed by atoms with Crippen molar-refractivity contribution in [3.63, 3.8) is 0 Å². The number of hydrogen-bond donors (Lipinski definition) is 3. The van der Waals surface area contributed by atoms with Gasteiger partial charge in [0.15, 0.2) is 0 Å². The number of carbonyl (C=O) groups is 1. The first-order chi connectivity index (χ1) is 6.52. The van der Waals surface area contributed by atoms with Crippen molar-refractivity contribution in [1.29, 1.82) is 0 Å². The summed E-state index contributed by atoms with van der Waals surface area (Å²) in [6.07, 6.45) is 1.69. The normalized spacial score (nSPS) is 8.86. The maximum Gasteiger partial charge on any atom is 0.337 e. The Kier molecular flexibility index (Phi) is 5.76. The van der Waals surface area contributed by atoms with Crippen molar-refractivity contribution in [2.24, 2.45) is 0 Å². The van der Waals surface area contributed by atoms with Gasteiger partial charge in [0.2, 0.25) is 0 Å². The lowest BCUT2D eigenvalue weighted by Crippen LogP contribution is -2.02. The van der Waals surface area contributed by atoms with Gasteiger partial charge in [-0.3, -0.25) is 0 Å². The number of nitrogen functional groups attached to an aromatic ring is 1. The van der Waals surface area contributed by atoms with Crippen LogP contribution < -0.4 is 5.73 Å². The summed E-state index contributed by atoms with van der Waals surface area (Å²) in [6, 6.07) is 2.65. The van der Waals surface area contributed by atoms with Crippen molar-refractivity contribution in [2.45, 2.75) is 0 Å². The zero-order valence-corrected chi connectivity index (χ0v) is 9.70. The van der Waals surface area contributed by atoms with Crippen LogP contribution in [0, 0.1) is 0 Å². The highest BCUT2D eigenvalue weighted by Gasteiger charge is 2.11. The van der Waals surface area contributed by atoms with Gasteiger partial charge in [-0.2, -0.15) is 12.6 Å². The molecule has 0 saturated heterocycles. The van der Waals surface area contributed by atoms with Crippen LogP contribution in [-0.2, 0) is 0 Å². The second kappa shape index (κ2) is 6.01. The van der Waals surface area contributed by atoms with E-state index in [1.54, 1.807) is 6.26 Å². The predicted octanol–water partition coefficient (Wildman–Crippen LogP) is 2.82. The molecular formula is C8H9Cl2NO2S. The van der Waals surface area contributed by atoms with Crippen LogP contribution in [0.2, 0.25) is 10.0 Å². The molecule has 0 fully saturated rings. The van der Waals surface area contributed by atoms with E-state index in [4.69, 9.17) is 34.0 Å².